The van der Waals surface area contributed by atoms with E-state index in [0.29, 0.717) is 0 Å². The van der Waals surface area contributed by atoms with Crippen LogP contribution in [0.3, 0.4) is 0 Å². The van der Waals surface area contributed by atoms with Crippen LogP contribution in [0.4, 0.5) is 5.82 Å². The molecular formula is C17H25N3. The fourth-order valence-corrected chi connectivity index (χ4v) is 2.55. The molecule has 0 spiro atoms. The molecule has 0 fully saturated rings. The Morgan fingerprint density at radius 2 is 1.75 bits per heavy atom. The third-order valence-electron chi connectivity index (χ3n) is 3.66. The quantitative estimate of drug-likeness (QED) is 0.780. The monoisotopic (exact) mass is 271 g/mol. The van der Waals surface area contributed by atoms with E-state index in [4.69, 9.17) is 4.98 Å². The average Bonchev–Trinajstić information content (AvgIpc) is 2.50. The topological polar surface area (TPSA) is 28.2 Å². The molecule has 0 bridgehead atoms. The lowest BCUT2D eigenvalue weighted by atomic mass is 10.1. The molecule has 0 saturated heterocycles. The minimum absolute atomic E-state index is 0.889. The van der Waals surface area contributed by atoms with Crippen LogP contribution in [0.15, 0.2) is 30.5 Å². The number of nitrogens with zero attached hydrogens (tertiary/aromatic N) is 2. The Kier molecular flexibility index (Phi) is 5.36. The van der Waals surface area contributed by atoms with E-state index in [-0.39, 0.29) is 0 Å². The SMILES string of the molecule is CCCNCc1cnc(N(CC)CC)c2ccccc12. The number of aromatic nitrogens is 1. The largest absolute Gasteiger partial charge is 0.357 e. The maximum atomic E-state index is 4.71. The third kappa shape index (κ3) is 3.10. The van der Waals surface area contributed by atoms with Gasteiger partial charge in [-0.2, -0.15) is 0 Å². The summed E-state index contributed by atoms with van der Waals surface area (Å²) in [6.07, 6.45) is 3.18. The molecule has 3 heteroatoms. The first-order valence-corrected chi connectivity index (χ1v) is 7.64. The Bertz CT molecular complexity index is 547. The molecule has 1 N–H and O–H groups in total. The van der Waals surface area contributed by atoms with Crippen LogP contribution in [-0.2, 0) is 6.54 Å². The van der Waals surface area contributed by atoms with E-state index >= 15 is 0 Å². The summed E-state index contributed by atoms with van der Waals surface area (Å²) in [7, 11) is 0. The summed E-state index contributed by atoms with van der Waals surface area (Å²) in [5.74, 6) is 1.10. The molecule has 108 valence electrons. The first-order valence-electron chi connectivity index (χ1n) is 7.64. The summed E-state index contributed by atoms with van der Waals surface area (Å²) in [5.41, 5.74) is 1.28. The zero-order chi connectivity index (χ0) is 14.4. The molecule has 1 aromatic heterocycles. The van der Waals surface area contributed by atoms with Crippen molar-refractivity contribution in [2.24, 2.45) is 0 Å². The van der Waals surface area contributed by atoms with Gasteiger partial charge < -0.3 is 10.2 Å². The molecule has 1 aromatic carbocycles. The van der Waals surface area contributed by atoms with Gasteiger partial charge >= 0.3 is 0 Å². The molecule has 0 aliphatic heterocycles. The van der Waals surface area contributed by atoms with E-state index in [9.17, 15) is 0 Å². The molecule has 2 aromatic rings. The zero-order valence-corrected chi connectivity index (χ0v) is 12.8. The second kappa shape index (κ2) is 7.25. The highest BCUT2D eigenvalue weighted by Gasteiger charge is 2.10. The van der Waals surface area contributed by atoms with Gasteiger partial charge in [0, 0.05) is 31.2 Å². The number of rotatable bonds is 7. The summed E-state index contributed by atoms with van der Waals surface area (Å²) < 4.78 is 0. The number of fused-ring (bicyclic) bond motifs is 1. The van der Waals surface area contributed by atoms with Gasteiger partial charge in [0.25, 0.3) is 0 Å². The smallest absolute Gasteiger partial charge is 0.136 e. The van der Waals surface area contributed by atoms with Gasteiger partial charge in [-0.15, -0.1) is 0 Å². The van der Waals surface area contributed by atoms with Crippen molar-refractivity contribution in [3.05, 3.63) is 36.0 Å². The highest BCUT2D eigenvalue weighted by atomic mass is 15.2. The summed E-state index contributed by atoms with van der Waals surface area (Å²) in [6.45, 7) is 10.5. The second-order valence-corrected chi connectivity index (χ2v) is 5.00. The van der Waals surface area contributed by atoms with Gasteiger partial charge in [0.15, 0.2) is 0 Å². The minimum atomic E-state index is 0.889. The van der Waals surface area contributed by atoms with Crippen molar-refractivity contribution in [3.63, 3.8) is 0 Å². The Morgan fingerprint density at radius 1 is 1.05 bits per heavy atom. The Hall–Kier alpha value is -1.61. The van der Waals surface area contributed by atoms with Gasteiger partial charge in [-0.05, 0) is 37.8 Å². The van der Waals surface area contributed by atoms with Gasteiger partial charge in [0.1, 0.15) is 5.82 Å². The fourth-order valence-electron chi connectivity index (χ4n) is 2.55. The molecular weight excluding hydrogens is 246 g/mol. The predicted octanol–water partition coefficient (Wildman–Crippen LogP) is 3.58. The summed E-state index contributed by atoms with van der Waals surface area (Å²) in [5, 5.41) is 6.04. The number of hydrogen-bond donors (Lipinski definition) is 1. The molecule has 0 amide bonds. The standard InChI is InChI=1S/C17H25N3/c1-4-11-18-12-14-13-19-17(20(5-2)6-3)16-10-8-7-9-15(14)16/h7-10,13,18H,4-6,11-12H2,1-3H3. The van der Waals surface area contributed by atoms with Crippen molar-refractivity contribution in [2.45, 2.75) is 33.7 Å². The van der Waals surface area contributed by atoms with Gasteiger partial charge in [-0.1, -0.05) is 31.2 Å². The molecule has 3 nitrogen and oxygen atoms in total. The molecule has 0 unspecified atom stereocenters. The van der Waals surface area contributed by atoms with E-state index in [0.717, 1.165) is 38.4 Å². The lowest BCUT2D eigenvalue weighted by Crippen LogP contribution is -2.23. The molecule has 1 heterocycles. The predicted molar refractivity (Wildman–Crippen MR) is 87.3 cm³/mol. The van der Waals surface area contributed by atoms with Crippen LogP contribution in [0.5, 0.6) is 0 Å². The van der Waals surface area contributed by atoms with Gasteiger partial charge in [0.05, 0.1) is 0 Å². The van der Waals surface area contributed by atoms with Gasteiger partial charge in [0.2, 0.25) is 0 Å². The number of nitrogens with one attached hydrogen (secondary N) is 1. The Morgan fingerprint density at radius 3 is 2.40 bits per heavy atom. The van der Waals surface area contributed by atoms with Crippen molar-refractivity contribution in [2.75, 3.05) is 24.5 Å². The van der Waals surface area contributed by atoms with Crippen molar-refractivity contribution in [1.29, 1.82) is 0 Å². The van der Waals surface area contributed by atoms with Crippen LogP contribution in [-0.4, -0.2) is 24.6 Å². The van der Waals surface area contributed by atoms with Crippen LogP contribution >= 0.6 is 0 Å². The van der Waals surface area contributed by atoms with E-state index in [1.165, 1.54) is 16.3 Å². The van der Waals surface area contributed by atoms with Crippen molar-refractivity contribution in [3.8, 4) is 0 Å². The number of hydrogen-bond acceptors (Lipinski definition) is 3. The van der Waals surface area contributed by atoms with Crippen LogP contribution in [0.2, 0.25) is 0 Å². The van der Waals surface area contributed by atoms with Crippen molar-refractivity contribution < 1.29 is 0 Å². The summed E-state index contributed by atoms with van der Waals surface area (Å²) >= 11 is 0. The molecule has 0 aliphatic rings. The maximum absolute atomic E-state index is 4.71. The Labute approximate surface area is 122 Å². The van der Waals surface area contributed by atoms with Crippen LogP contribution in [0.1, 0.15) is 32.8 Å². The summed E-state index contributed by atoms with van der Waals surface area (Å²) in [4.78, 5) is 7.02. The molecule has 0 atom stereocenters. The highest BCUT2D eigenvalue weighted by molar-refractivity contribution is 5.94. The van der Waals surface area contributed by atoms with E-state index in [1.54, 1.807) is 0 Å². The zero-order valence-electron chi connectivity index (χ0n) is 12.8. The molecule has 0 saturated carbocycles. The van der Waals surface area contributed by atoms with E-state index in [2.05, 4.69) is 55.3 Å². The number of benzene rings is 1. The second-order valence-electron chi connectivity index (χ2n) is 5.00. The fraction of sp³-hybridized carbons (Fsp3) is 0.471. The highest BCUT2D eigenvalue weighted by Crippen LogP contribution is 2.27. The molecule has 0 radical (unpaired) electrons. The third-order valence-corrected chi connectivity index (χ3v) is 3.66. The van der Waals surface area contributed by atoms with Gasteiger partial charge in [-0.3, -0.25) is 0 Å². The first kappa shape index (κ1) is 14.8. The van der Waals surface area contributed by atoms with Crippen LogP contribution < -0.4 is 10.2 Å². The van der Waals surface area contributed by atoms with E-state index < -0.39 is 0 Å². The Balaban J connectivity index is 2.41. The number of pyridine rings is 1. The molecule has 20 heavy (non-hydrogen) atoms. The van der Waals surface area contributed by atoms with Gasteiger partial charge in [-0.25, -0.2) is 4.98 Å². The number of anilines is 1. The van der Waals surface area contributed by atoms with Crippen LogP contribution in [0.25, 0.3) is 10.8 Å². The molecule has 2 rings (SSSR count). The minimum Gasteiger partial charge on any atom is -0.357 e. The maximum Gasteiger partial charge on any atom is 0.136 e. The normalized spacial score (nSPS) is 10.9. The van der Waals surface area contributed by atoms with Crippen molar-refractivity contribution in [1.82, 2.24) is 10.3 Å². The summed E-state index contributed by atoms with van der Waals surface area (Å²) in [6, 6.07) is 8.59. The van der Waals surface area contributed by atoms with Crippen LogP contribution in [0, 0.1) is 0 Å². The lowest BCUT2D eigenvalue weighted by molar-refractivity contribution is 0.676. The molecule has 0 aliphatic carbocycles. The first-order chi connectivity index (χ1) is 9.81. The lowest BCUT2D eigenvalue weighted by Gasteiger charge is -2.22. The van der Waals surface area contributed by atoms with Crippen molar-refractivity contribution >= 4 is 16.6 Å². The average molecular weight is 271 g/mol. The van der Waals surface area contributed by atoms with E-state index in [1.807, 2.05) is 6.20 Å².